The van der Waals surface area contributed by atoms with E-state index in [2.05, 4.69) is 15.3 Å². The maximum absolute atomic E-state index is 12.4. The lowest BCUT2D eigenvalue weighted by Crippen LogP contribution is -2.47. The van der Waals surface area contributed by atoms with Crippen LogP contribution in [0, 0.1) is 5.92 Å². The molecule has 2 heterocycles. The second kappa shape index (κ2) is 5.31. The number of aromatic nitrogens is 2. The molecular weight excluding hydrogens is 272 g/mol. The van der Waals surface area contributed by atoms with Crippen molar-refractivity contribution in [2.45, 2.75) is 31.2 Å². The number of likely N-dealkylation sites (tertiary alicyclic amines) is 1. The number of carboxylic acid groups (broad SMARTS) is 1. The summed E-state index contributed by atoms with van der Waals surface area (Å²) in [5.41, 5.74) is -0.441. The number of nitrogens with one attached hydrogen (secondary N) is 1. The van der Waals surface area contributed by atoms with Crippen LogP contribution in [0.3, 0.4) is 0 Å². The fourth-order valence-corrected chi connectivity index (χ4v) is 2.78. The van der Waals surface area contributed by atoms with Gasteiger partial charge in [-0.2, -0.15) is 0 Å². The molecule has 112 valence electrons. The Morgan fingerprint density at radius 3 is 2.67 bits per heavy atom. The van der Waals surface area contributed by atoms with E-state index in [0.29, 0.717) is 12.4 Å². The predicted molar refractivity (Wildman–Crippen MR) is 73.4 cm³/mol. The smallest absolute Gasteiger partial charge is 0.407 e. The van der Waals surface area contributed by atoms with Crippen LogP contribution >= 0.6 is 0 Å². The maximum Gasteiger partial charge on any atom is 0.407 e. The van der Waals surface area contributed by atoms with Crippen molar-refractivity contribution in [3.63, 3.8) is 0 Å². The first-order chi connectivity index (χ1) is 10.1. The van der Waals surface area contributed by atoms with Crippen molar-refractivity contribution < 1.29 is 14.7 Å². The van der Waals surface area contributed by atoms with E-state index in [1.54, 1.807) is 18.5 Å². The maximum atomic E-state index is 12.4. The Kier molecular flexibility index (Phi) is 3.48. The van der Waals surface area contributed by atoms with Crippen molar-refractivity contribution in [3.05, 3.63) is 24.3 Å². The predicted octanol–water partition coefficient (Wildman–Crippen LogP) is 0.972. The third kappa shape index (κ3) is 2.81. The molecule has 1 aromatic heterocycles. The van der Waals surface area contributed by atoms with Crippen LogP contribution < -0.4 is 5.32 Å². The Labute approximate surface area is 122 Å². The van der Waals surface area contributed by atoms with Gasteiger partial charge in [-0.05, 0) is 31.7 Å². The van der Waals surface area contributed by atoms with Crippen molar-refractivity contribution in [1.29, 1.82) is 0 Å². The molecule has 1 saturated carbocycles. The molecule has 2 aliphatic rings. The molecule has 1 aromatic rings. The Balaban J connectivity index is 1.65. The highest BCUT2D eigenvalue weighted by atomic mass is 16.4. The first-order valence-electron chi connectivity index (χ1n) is 7.18. The number of rotatable bonds is 3. The van der Waals surface area contributed by atoms with E-state index in [1.165, 1.54) is 4.90 Å². The monoisotopic (exact) mass is 290 g/mol. The summed E-state index contributed by atoms with van der Waals surface area (Å²) in [4.78, 5) is 33.2. The van der Waals surface area contributed by atoms with E-state index in [4.69, 9.17) is 5.11 Å². The zero-order valence-corrected chi connectivity index (χ0v) is 11.7. The van der Waals surface area contributed by atoms with Gasteiger partial charge in [0.05, 0.1) is 11.5 Å². The third-order valence-electron chi connectivity index (χ3n) is 4.17. The zero-order chi connectivity index (χ0) is 14.9. The fourth-order valence-electron chi connectivity index (χ4n) is 2.78. The van der Waals surface area contributed by atoms with E-state index < -0.39 is 11.6 Å². The molecule has 1 saturated heterocycles. The summed E-state index contributed by atoms with van der Waals surface area (Å²) < 4.78 is 0. The second-order valence-corrected chi connectivity index (χ2v) is 5.71. The lowest BCUT2D eigenvalue weighted by atomic mass is 9.97. The normalized spacial score (nSPS) is 23.4. The number of hydrogen-bond acceptors (Lipinski definition) is 4. The summed E-state index contributed by atoms with van der Waals surface area (Å²) in [7, 11) is 0. The van der Waals surface area contributed by atoms with Crippen LogP contribution in [0.15, 0.2) is 18.5 Å². The number of carbonyl (C=O) groups is 2. The van der Waals surface area contributed by atoms with Gasteiger partial charge >= 0.3 is 6.09 Å². The molecule has 7 nitrogen and oxygen atoms in total. The molecule has 1 atom stereocenters. The van der Waals surface area contributed by atoms with Gasteiger partial charge < -0.3 is 15.3 Å². The summed E-state index contributed by atoms with van der Waals surface area (Å²) in [5, 5.41) is 12.1. The summed E-state index contributed by atoms with van der Waals surface area (Å²) in [6, 6.07) is 1.74. The molecule has 2 fully saturated rings. The SMILES string of the molecule is O=C(NC1(c2ncccn2)CC1)C1CCCN(C(=O)O)C1. The van der Waals surface area contributed by atoms with Gasteiger partial charge in [0, 0.05) is 25.5 Å². The van der Waals surface area contributed by atoms with E-state index in [-0.39, 0.29) is 18.4 Å². The van der Waals surface area contributed by atoms with E-state index in [0.717, 1.165) is 25.7 Å². The minimum absolute atomic E-state index is 0.0918. The zero-order valence-electron chi connectivity index (χ0n) is 11.7. The molecule has 0 spiro atoms. The van der Waals surface area contributed by atoms with Crippen molar-refractivity contribution in [2.75, 3.05) is 13.1 Å². The first kappa shape index (κ1) is 13.8. The molecule has 2 N–H and O–H groups in total. The van der Waals surface area contributed by atoms with Gasteiger partial charge in [-0.3, -0.25) is 4.79 Å². The second-order valence-electron chi connectivity index (χ2n) is 5.71. The molecule has 0 radical (unpaired) electrons. The molecule has 1 aliphatic carbocycles. The van der Waals surface area contributed by atoms with Crippen LogP contribution in [0.4, 0.5) is 4.79 Å². The van der Waals surface area contributed by atoms with E-state index in [9.17, 15) is 9.59 Å². The molecule has 1 unspecified atom stereocenters. The molecule has 0 bridgehead atoms. The number of piperidine rings is 1. The van der Waals surface area contributed by atoms with E-state index >= 15 is 0 Å². The summed E-state index contributed by atoms with van der Waals surface area (Å²) in [6.07, 6.45) is 5.49. The van der Waals surface area contributed by atoms with Gasteiger partial charge in [0.1, 0.15) is 0 Å². The largest absolute Gasteiger partial charge is 0.465 e. The third-order valence-corrected chi connectivity index (χ3v) is 4.17. The summed E-state index contributed by atoms with van der Waals surface area (Å²) in [5.74, 6) is 0.270. The minimum atomic E-state index is -0.958. The summed E-state index contributed by atoms with van der Waals surface area (Å²) in [6.45, 7) is 0.777. The average molecular weight is 290 g/mol. The topological polar surface area (TPSA) is 95.4 Å². The minimum Gasteiger partial charge on any atom is -0.465 e. The van der Waals surface area contributed by atoms with Gasteiger partial charge in [0.25, 0.3) is 0 Å². The number of carbonyl (C=O) groups excluding carboxylic acids is 1. The lowest BCUT2D eigenvalue weighted by Gasteiger charge is -2.30. The Bertz CT molecular complexity index is 544. The van der Waals surface area contributed by atoms with Gasteiger partial charge in [-0.25, -0.2) is 14.8 Å². The first-order valence-corrected chi connectivity index (χ1v) is 7.18. The van der Waals surface area contributed by atoms with Crippen molar-refractivity contribution in [3.8, 4) is 0 Å². The molecule has 2 amide bonds. The number of amides is 2. The van der Waals surface area contributed by atoms with Gasteiger partial charge in [0.15, 0.2) is 5.82 Å². The molecule has 3 rings (SSSR count). The Morgan fingerprint density at radius 1 is 1.33 bits per heavy atom. The number of nitrogens with zero attached hydrogens (tertiary/aromatic N) is 3. The van der Waals surface area contributed by atoms with Crippen molar-refractivity contribution in [1.82, 2.24) is 20.2 Å². The highest BCUT2D eigenvalue weighted by molar-refractivity contribution is 5.81. The van der Waals surface area contributed by atoms with Crippen LogP contribution in [0.5, 0.6) is 0 Å². The standard InChI is InChI=1S/C14H18N4O3/c19-11(10-3-1-8-18(9-10)13(20)21)17-14(4-5-14)12-15-6-2-7-16-12/h2,6-7,10H,1,3-5,8-9H2,(H,17,19)(H,20,21). The molecule has 0 aromatic carbocycles. The summed E-state index contributed by atoms with van der Waals surface area (Å²) >= 11 is 0. The fraction of sp³-hybridized carbons (Fsp3) is 0.571. The van der Waals surface area contributed by atoms with Crippen LogP contribution in [0.1, 0.15) is 31.5 Å². The quantitative estimate of drug-likeness (QED) is 0.865. The van der Waals surface area contributed by atoms with E-state index in [1.807, 2.05) is 0 Å². The molecular formula is C14H18N4O3. The van der Waals surface area contributed by atoms with Crippen LogP contribution in [0.25, 0.3) is 0 Å². The number of hydrogen-bond donors (Lipinski definition) is 2. The Morgan fingerprint density at radius 2 is 2.05 bits per heavy atom. The van der Waals surface area contributed by atoms with Crippen molar-refractivity contribution >= 4 is 12.0 Å². The molecule has 21 heavy (non-hydrogen) atoms. The van der Waals surface area contributed by atoms with Crippen LogP contribution in [0.2, 0.25) is 0 Å². The molecule has 7 heteroatoms. The lowest BCUT2D eigenvalue weighted by molar-refractivity contribution is -0.127. The highest BCUT2D eigenvalue weighted by Gasteiger charge is 2.49. The van der Waals surface area contributed by atoms with Gasteiger partial charge in [-0.1, -0.05) is 0 Å². The van der Waals surface area contributed by atoms with Gasteiger partial charge in [-0.15, -0.1) is 0 Å². The highest BCUT2D eigenvalue weighted by Crippen LogP contribution is 2.43. The van der Waals surface area contributed by atoms with Crippen molar-refractivity contribution in [2.24, 2.45) is 5.92 Å². The van der Waals surface area contributed by atoms with Crippen LogP contribution in [-0.4, -0.2) is 45.1 Å². The van der Waals surface area contributed by atoms with Gasteiger partial charge in [0.2, 0.25) is 5.91 Å². The van der Waals surface area contributed by atoms with Crippen LogP contribution in [-0.2, 0) is 10.3 Å². The average Bonchev–Trinajstić information content (AvgIpc) is 3.29. The molecule has 1 aliphatic heterocycles. The Hall–Kier alpha value is -2.18.